The Hall–Kier alpha value is -4.68. The molecule has 2 atom stereocenters. The average molecular weight is 611 g/mol. The van der Waals surface area contributed by atoms with Crippen molar-refractivity contribution < 1.29 is 37.7 Å². The number of amides is 2. The Balaban J connectivity index is 1.15. The van der Waals surface area contributed by atoms with E-state index >= 15 is 8.78 Å². The number of nitrogens with one attached hydrogen (secondary N) is 1. The Morgan fingerprint density at radius 1 is 1.07 bits per heavy atom. The van der Waals surface area contributed by atoms with E-state index in [2.05, 4.69) is 5.32 Å². The quantitative estimate of drug-likeness (QED) is 0.388. The molecule has 1 saturated carbocycles. The van der Waals surface area contributed by atoms with Crippen LogP contribution in [-0.2, 0) is 9.53 Å². The third-order valence-electron chi connectivity index (χ3n) is 8.26. The molecule has 13 heteroatoms. The second-order valence-electron chi connectivity index (χ2n) is 11.5. The molecule has 1 aliphatic carbocycles. The van der Waals surface area contributed by atoms with Crippen LogP contribution in [0.15, 0.2) is 41.3 Å². The van der Waals surface area contributed by atoms with Gasteiger partial charge in [0, 0.05) is 50.1 Å². The highest BCUT2D eigenvalue weighted by Crippen LogP contribution is 2.38. The van der Waals surface area contributed by atoms with E-state index in [0.29, 0.717) is 49.2 Å². The summed E-state index contributed by atoms with van der Waals surface area (Å²) in [5.74, 6) is -2.80. The van der Waals surface area contributed by atoms with Crippen LogP contribution in [0.2, 0.25) is 0 Å². The molecule has 2 N–H and O–H groups in total. The summed E-state index contributed by atoms with van der Waals surface area (Å²) in [7, 11) is 0. The zero-order valence-corrected chi connectivity index (χ0v) is 24.1. The van der Waals surface area contributed by atoms with E-state index in [9.17, 15) is 24.3 Å². The maximum Gasteiger partial charge on any atom is 0.414 e. The van der Waals surface area contributed by atoms with Crippen LogP contribution >= 0.6 is 0 Å². The van der Waals surface area contributed by atoms with Crippen LogP contribution in [0.5, 0.6) is 5.75 Å². The van der Waals surface area contributed by atoms with Gasteiger partial charge in [0.15, 0.2) is 11.6 Å². The molecule has 2 aliphatic heterocycles. The van der Waals surface area contributed by atoms with E-state index in [0.717, 1.165) is 18.9 Å². The molecule has 2 amide bonds. The number of aromatic carboxylic acids is 1. The van der Waals surface area contributed by atoms with E-state index in [-0.39, 0.29) is 47.8 Å². The third-order valence-corrected chi connectivity index (χ3v) is 8.26. The topological polar surface area (TPSA) is 130 Å². The number of benzene rings is 2. The van der Waals surface area contributed by atoms with Gasteiger partial charge in [0.1, 0.15) is 23.6 Å². The summed E-state index contributed by atoms with van der Waals surface area (Å²) >= 11 is 0. The van der Waals surface area contributed by atoms with Gasteiger partial charge >= 0.3 is 12.1 Å². The molecule has 2 saturated heterocycles. The molecule has 2 unspecified atom stereocenters. The standard InChI is InChI=1S/C31H32F2N4O7/c1-17(38)34-14-21-15-37(31(42)44-21)19-6-7-28(25(33)11-19)43-20-3-2-9-35(10-8-20)27-13-26-22(12-24(27)32)29(39)23(30(40)41)16-36(26)18-4-5-18/h6-7,11-13,16,18,20-21H,2-5,8-10,14-15H2,1H3,(H,34,38)(H,40,41). The Morgan fingerprint density at radius 3 is 2.57 bits per heavy atom. The van der Waals surface area contributed by atoms with E-state index in [1.54, 1.807) is 16.7 Å². The van der Waals surface area contributed by atoms with Gasteiger partial charge in [0.2, 0.25) is 11.3 Å². The SMILES string of the molecule is CC(=O)NCC1CN(c2ccc(OC3CCCN(c4cc5c(cc4F)c(=O)c(C(=O)O)cn5C4CC4)CC3)c(F)c2)C(=O)O1. The normalized spacial score (nSPS) is 20.4. The van der Waals surface area contributed by atoms with E-state index in [4.69, 9.17) is 9.47 Å². The van der Waals surface area contributed by atoms with Gasteiger partial charge in [-0.3, -0.25) is 14.5 Å². The molecule has 6 rings (SSSR count). The first-order valence-corrected chi connectivity index (χ1v) is 14.6. The number of rotatable bonds is 8. The lowest BCUT2D eigenvalue weighted by atomic mass is 10.1. The summed E-state index contributed by atoms with van der Waals surface area (Å²) in [6.45, 7) is 2.63. The van der Waals surface area contributed by atoms with Gasteiger partial charge in [-0.15, -0.1) is 0 Å². The number of carbonyl (C=O) groups excluding carboxylic acids is 2. The zero-order valence-electron chi connectivity index (χ0n) is 24.1. The van der Waals surface area contributed by atoms with Crippen LogP contribution in [0.3, 0.4) is 0 Å². The van der Waals surface area contributed by atoms with Crippen molar-refractivity contribution in [1.29, 1.82) is 0 Å². The minimum absolute atomic E-state index is 0.0362. The fourth-order valence-corrected chi connectivity index (χ4v) is 5.86. The summed E-state index contributed by atoms with van der Waals surface area (Å²) in [5, 5.41) is 12.1. The highest BCUT2D eigenvalue weighted by molar-refractivity contribution is 5.93. The van der Waals surface area contributed by atoms with Crippen molar-refractivity contribution in [2.75, 3.05) is 36.0 Å². The highest BCUT2D eigenvalue weighted by atomic mass is 19.1. The molecule has 3 aliphatic rings. The van der Waals surface area contributed by atoms with Gasteiger partial charge in [-0.25, -0.2) is 18.4 Å². The van der Waals surface area contributed by atoms with Gasteiger partial charge in [0.25, 0.3) is 0 Å². The molecule has 11 nitrogen and oxygen atoms in total. The molecule has 3 fully saturated rings. The molecule has 0 bridgehead atoms. The molecular formula is C31H32F2N4O7. The number of hydrogen-bond donors (Lipinski definition) is 2. The molecule has 2 aromatic carbocycles. The number of aromatic nitrogens is 1. The molecule has 3 heterocycles. The number of pyridine rings is 1. The molecule has 1 aromatic heterocycles. The number of anilines is 2. The lowest BCUT2D eigenvalue weighted by molar-refractivity contribution is -0.119. The van der Waals surface area contributed by atoms with Gasteiger partial charge in [-0.1, -0.05) is 0 Å². The predicted octanol–water partition coefficient (Wildman–Crippen LogP) is 4.21. The number of ether oxygens (including phenoxy) is 2. The summed E-state index contributed by atoms with van der Waals surface area (Å²) in [6, 6.07) is 7.07. The maximum absolute atomic E-state index is 15.4. The Morgan fingerprint density at radius 2 is 1.86 bits per heavy atom. The van der Waals surface area contributed by atoms with Gasteiger partial charge in [-0.05, 0) is 49.9 Å². The van der Waals surface area contributed by atoms with E-state index in [1.807, 2.05) is 4.90 Å². The zero-order chi connectivity index (χ0) is 31.1. The van der Waals surface area contributed by atoms with Gasteiger partial charge < -0.3 is 29.4 Å². The first kappa shape index (κ1) is 29.4. The lowest BCUT2D eigenvalue weighted by Gasteiger charge is -2.25. The molecule has 232 valence electrons. The minimum Gasteiger partial charge on any atom is -0.487 e. The Labute approximate surface area is 250 Å². The first-order valence-electron chi connectivity index (χ1n) is 14.6. The largest absolute Gasteiger partial charge is 0.487 e. The Kier molecular flexibility index (Phi) is 7.87. The number of hydrogen-bond acceptors (Lipinski definition) is 7. The van der Waals surface area contributed by atoms with Gasteiger partial charge in [0.05, 0.1) is 30.0 Å². The molecular weight excluding hydrogens is 578 g/mol. The lowest BCUT2D eigenvalue weighted by Crippen LogP contribution is -2.33. The van der Waals surface area contributed by atoms with E-state index in [1.165, 1.54) is 30.2 Å². The summed E-state index contributed by atoms with van der Waals surface area (Å²) < 4.78 is 43.6. The number of carboxylic acids is 1. The molecule has 44 heavy (non-hydrogen) atoms. The van der Waals surface area contributed by atoms with Crippen molar-refractivity contribution in [2.24, 2.45) is 0 Å². The number of halogens is 2. The fraction of sp³-hybridized carbons (Fsp3) is 0.419. The average Bonchev–Trinajstić information content (AvgIpc) is 3.79. The van der Waals surface area contributed by atoms with Crippen LogP contribution in [0.4, 0.5) is 25.0 Å². The second-order valence-corrected chi connectivity index (χ2v) is 11.5. The van der Waals surface area contributed by atoms with Crippen LogP contribution in [-0.4, -0.2) is 66.0 Å². The van der Waals surface area contributed by atoms with Gasteiger partial charge in [-0.2, -0.15) is 0 Å². The van der Waals surface area contributed by atoms with Crippen molar-refractivity contribution in [2.45, 2.75) is 57.3 Å². The van der Waals surface area contributed by atoms with Crippen molar-refractivity contribution in [3.05, 3.63) is 63.9 Å². The monoisotopic (exact) mass is 610 g/mol. The minimum atomic E-state index is -1.34. The molecule has 0 radical (unpaired) electrons. The van der Waals surface area contributed by atoms with Crippen LogP contribution in [0.25, 0.3) is 10.9 Å². The summed E-state index contributed by atoms with van der Waals surface area (Å²) in [6.07, 6.45) is 3.27. The fourth-order valence-electron chi connectivity index (χ4n) is 5.86. The van der Waals surface area contributed by atoms with Crippen molar-refractivity contribution in [1.82, 2.24) is 9.88 Å². The molecule has 0 spiro atoms. The van der Waals surface area contributed by atoms with Crippen molar-refractivity contribution in [3.63, 3.8) is 0 Å². The summed E-state index contributed by atoms with van der Waals surface area (Å²) in [4.78, 5) is 51.1. The number of nitrogens with zero attached hydrogens (tertiary/aromatic N) is 3. The predicted molar refractivity (Wildman–Crippen MR) is 157 cm³/mol. The van der Waals surface area contributed by atoms with Crippen molar-refractivity contribution >= 4 is 40.2 Å². The van der Waals surface area contributed by atoms with Crippen molar-refractivity contribution in [3.8, 4) is 5.75 Å². The summed E-state index contributed by atoms with van der Waals surface area (Å²) in [5.41, 5.74) is 0.0437. The van der Waals surface area contributed by atoms with Crippen LogP contribution in [0.1, 0.15) is 55.4 Å². The Bertz CT molecular complexity index is 1710. The maximum atomic E-state index is 15.4. The number of carboxylic acid groups (broad SMARTS) is 1. The van der Waals surface area contributed by atoms with Crippen LogP contribution < -0.4 is 25.3 Å². The first-order chi connectivity index (χ1) is 21.1. The number of fused-ring (bicyclic) bond motifs is 1. The highest BCUT2D eigenvalue weighted by Gasteiger charge is 2.33. The number of cyclic esters (lactones) is 1. The van der Waals surface area contributed by atoms with E-state index < -0.39 is 35.2 Å². The van der Waals surface area contributed by atoms with Crippen LogP contribution in [0, 0.1) is 11.6 Å². The molecule has 3 aromatic rings. The second kappa shape index (κ2) is 11.8. The third kappa shape index (κ3) is 5.90. The number of carbonyl (C=O) groups is 3. The smallest absolute Gasteiger partial charge is 0.414 e.